The molecule has 0 bridgehead atoms. The standard InChI is InChI=1S/C13H16F3NO3/c1-9-3-4-10(7-11(9)13(14,15)16)17-12(18)8-20-6-5-19-2/h3-4,7H,5-6,8H2,1-2H3,(H,17,18). The Bertz CT molecular complexity index is 461. The third-order valence-electron chi connectivity index (χ3n) is 2.49. The fraction of sp³-hybridized carbons (Fsp3) is 0.462. The van der Waals surface area contributed by atoms with Crippen molar-refractivity contribution in [2.75, 3.05) is 32.2 Å². The van der Waals surface area contributed by atoms with Gasteiger partial charge in [-0.15, -0.1) is 0 Å². The van der Waals surface area contributed by atoms with Gasteiger partial charge in [-0.3, -0.25) is 4.79 Å². The van der Waals surface area contributed by atoms with Crippen molar-refractivity contribution in [2.45, 2.75) is 13.1 Å². The largest absolute Gasteiger partial charge is 0.416 e. The number of ether oxygens (including phenoxy) is 2. The van der Waals surface area contributed by atoms with Crippen molar-refractivity contribution in [2.24, 2.45) is 0 Å². The molecule has 0 saturated heterocycles. The molecule has 7 heteroatoms. The van der Waals surface area contributed by atoms with Gasteiger partial charge < -0.3 is 14.8 Å². The number of carbonyl (C=O) groups excluding carboxylic acids is 1. The summed E-state index contributed by atoms with van der Waals surface area (Å²) < 4.78 is 47.8. The Hall–Kier alpha value is -1.60. The van der Waals surface area contributed by atoms with Gasteiger partial charge in [-0.1, -0.05) is 6.07 Å². The molecule has 0 aliphatic rings. The number of hydrogen-bond donors (Lipinski definition) is 1. The summed E-state index contributed by atoms with van der Waals surface area (Å²) >= 11 is 0. The minimum Gasteiger partial charge on any atom is -0.382 e. The number of nitrogens with one attached hydrogen (secondary N) is 1. The first-order chi connectivity index (χ1) is 9.34. The Morgan fingerprint density at radius 1 is 1.30 bits per heavy atom. The fourth-order valence-corrected chi connectivity index (χ4v) is 1.51. The van der Waals surface area contributed by atoms with E-state index < -0.39 is 17.6 Å². The zero-order valence-corrected chi connectivity index (χ0v) is 11.2. The molecule has 0 saturated carbocycles. The van der Waals surface area contributed by atoms with Crippen LogP contribution in [0.2, 0.25) is 0 Å². The monoisotopic (exact) mass is 291 g/mol. The number of halogens is 3. The first kappa shape index (κ1) is 16.5. The van der Waals surface area contributed by atoms with E-state index in [0.717, 1.165) is 6.07 Å². The molecule has 0 radical (unpaired) electrons. The van der Waals surface area contributed by atoms with E-state index in [1.165, 1.54) is 26.2 Å². The lowest BCUT2D eigenvalue weighted by Crippen LogP contribution is -2.20. The highest BCUT2D eigenvalue weighted by molar-refractivity contribution is 5.91. The number of methoxy groups -OCH3 is 1. The lowest BCUT2D eigenvalue weighted by molar-refractivity contribution is -0.138. The molecular formula is C13H16F3NO3. The van der Waals surface area contributed by atoms with E-state index in [0.29, 0.717) is 6.61 Å². The molecule has 1 N–H and O–H groups in total. The third-order valence-corrected chi connectivity index (χ3v) is 2.49. The van der Waals surface area contributed by atoms with Crippen LogP contribution in [0.3, 0.4) is 0 Å². The first-order valence-electron chi connectivity index (χ1n) is 5.89. The molecule has 0 aromatic heterocycles. The van der Waals surface area contributed by atoms with Crippen LogP contribution in [-0.4, -0.2) is 32.8 Å². The average molecular weight is 291 g/mol. The Kier molecular flexibility index (Phi) is 5.97. The maximum atomic E-state index is 12.7. The minimum absolute atomic E-state index is 0.0864. The van der Waals surface area contributed by atoms with Crippen molar-refractivity contribution < 1.29 is 27.4 Å². The van der Waals surface area contributed by atoms with Gasteiger partial charge in [0.2, 0.25) is 5.91 Å². The molecule has 0 atom stereocenters. The summed E-state index contributed by atoms with van der Waals surface area (Å²) in [7, 11) is 1.49. The van der Waals surface area contributed by atoms with Crippen molar-refractivity contribution >= 4 is 11.6 Å². The topological polar surface area (TPSA) is 47.6 Å². The Balaban J connectivity index is 2.62. The van der Waals surface area contributed by atoms with Gasteiger partial charge in [0.05, 0.1) is 18.8 Å². The molecule has 1 amide bonds. The quantitative estimate of drug-likeness (QED) is 0.820. The molecule has 20 heavy (non-hydrogen) atoms. The number of alkyl halides is 3. The van der Waals surface area contributed by atoms with Gasteiger partial charge in [-0.05, 0) is 24.6 Å². The van der Waals surface area contributed by atoms with Crippen molar-refractivity contribution in [1.29, 1.82) is 0 Å². The smallest absolute Gasteiger partial charge is 0.382 e. The molecule has 0 heterocycles. The Morgan fingerprint density at radius 2 is 2.00 bits per heavy atom. The average Bonchev–Trinajstić information content (AvgIpc) is 2.36. The molecule has 1 aromatic carbocycles. The van der Waals surface area contributed by atoms with Crippen molar-refractivity contribution in [3.8, 4) is 0 Å². The van der Waals surface area contributed by atoms with Crippen LogP contribution in [0.15, 0.2) is 18.2 Å². The molecule has 0 fully saturated rings. The van der Waals surface area contributed by atoms with Crippen LogP contribution >= 0.6 is 0 Å². The zero-order valence-electron chi connectivity index (χ0n) is 11.2. The Morgan fingerprint density at radius 3 is 2.60 bits per heavy atom. The summed E-state index contributed by atoms with van der Waals surface area (Å²) in [6, 6.07) is 3.63. The van der Waals surface area contributed by atoms with Crippen LogP contribution in [0.5, 0.6) is 0 Å². The third kappa shape index (κ3) is 5.18. The molecule has 0 aliphatic heterocycles. The van der Waals surface area contributed by atoms with E-state index >= 15 is 0 Å². The van der Waals surface area contributed by atoms with E-state index in [4.69, 9.17) is 9.47 Å². The van der Waals surface area contributed by atoms with Crippen molar-refractivity contribution in [3.63, 3.8) is 0 Å². The second-order valence-electron chi connectivity index (χ2n) is 4.12. The normalized spacial score (nSPS) is 11.4. The molecule has 4 nitrogen and oxygen atoms in total. The predicted molar refractivity (Wildman–Crippen MR) is 67.5 cm³/mol. The highest BCUT2D eigenvalue weighted by Crippen LogP contribution is 2.33. The molecule has 1 aromatic rings. The van der Waals surface area contributed by atoms with Gasteiger partial charge in [0.1, 0.15) is 6.61 Å². The van der Waals surface area contributed by atoms with Gasteiger partial charge >= 0.3 is 6.18 Å². The molecule has 0 spiro atoms. The van der Waals surface area contributed by atoms with Crippen LogP contribution in [-0.2, 0) is 20.4 Å². The zero-order chi connectivity index (χ0) is 15.2. The minimum atomic E-state index is -4.44. The Labute approximate surface area is 114 Å². The predicted octanol–water partition coefficient (Wildman–Crippen LogP) is 2.62. The highest BCUT2D eigenvalue weighted by Gasteiger charge is 2.32. The van der Waals surface area contributed by atoms with Crippen molar-refractivity contribution in [3.05, 3.63) is 29.3 Å². The summed E-state index contributed by atoms with van der Waals surface area (Å²) in [5.41, 5.74) is -0.578. The van der Waals surface area contributed by atoms with Gasteiger partial charge in [0, 0.05) is 12.8 Å². The van der Waals surface area contributed by atoms with Gasteiger partial charge in [-0.2, -0.15) is 13.2 Å². The molecule has 112 valence electrons. The number of anilines is 1. The second-order valence-corrected chi connectivity index (χ2v) is 4.12. The van der Waals surface area contributed by atoms with Crippen LogP contribution in [0.4, 0.5) is 18.9 Å². The lowest BCUT2D eigenvalue weighted by Gasteiger charge is -2.12. The van der Waals surface area contributed by atoms with E-state index in [2.05, 4.69) is 5.32 Å². The van der Waals surface area contributed by atoms with Gasteiger partial charge in [0.15, 0.2) is 0 Å². The lowest BCUT2D eigenvalue weighted by atomic mass is 10.1. The molecule has 0 aliphatic carbocycles. The van der Waals surface area contributed by atoms with E-state index in [-0.39, 0.29) is 24.5 Å². The maximum absolute atomic E-state index is 12.7. The highest BCUT2D eigenvalue weighted by atomic mass is 19.4. The van der Waals surface area contributed by atoms with E-state index in [9.17, 15) is 18.0 Å². The first-order valence-corrected chi connectivity index (χ1v) is 5.89. The summed E-state index contributed by atoms with van der Waals surface area (Å²) in [6.07, 6.45) is -4.44. The van der Waals surface area contributed by atoms with Gasteiger partial charge in [0.25, 0.3) is 0 Å². The van der Waals surface area contributed by atoms with Crippen molar-refractivity contribution in [1.82, 2.24) is 0 Å². The fourth-order valence-electron chi connectivity index (χ4n) is 1.51. The number of hydrogen-bond acceptors (Lipinski definition) is 3. The number of rotatable bonds is 6. The van der Waals surface area contributed by atoms with Crippen LogP contribution in [0.1, 0.15) is 11.1 Å². The molecular weight excluding hydrogens is 275 g/mol. The van der Waals surface area contributed by atoms with Crippen LogP contribution in [0, 0.1) is 6.92 Å². The summed E-state index contributed by atoms with van der Waals surface area (Å²) in [5.74, 6) is -0.516. The summed E-state index contributed by atoms with van der Waals surface area (Å²) in [4.78, 5) is 11.5. The van der Waals surface area contributed by atoms with E-state index in [1.807, 2.05) is 0 Å². The maximum Gasteiger partial charge on any atom is 0.416 e. The number of aryl methyl sites for hydroxylation is 1. The van der Waals surface area contributed by atoms with Crippen LogP contribution in [0.25, 0.3) is 0 Å². The SMILES string of the molecule is COCCOCC(=O)Nc1ccc(C)c(C(F)(F)F)c1. The number of amides is 1. The van der Waals surface area contributed by atoms with E-state index in [1.54, 1.807) is 0 Å². The molecule has 0 unspecified atom stereocenters. The summed E-state index contributed by atoms with van der Waals surface area (Å²) in [6.45, 7) is 1.71. The van der Waals surface area contributed by atoms with Crippen LogP contribution < -0.4 is 5.32 Å². The van der Waals surface area contributed by atoms with Gasteiger partial charge in [-0.25, -0.2) is 0 Å². The molecule has 1 rings (SSSR count). The number of benzene rings is 1. The second kappa shape index (κ2) is 7.25. The number of carbonyl (C=O) groups is 1. The summed E-state index contributed by atoms with van der Waals surface area (Å²) in [5, 5.41) is 2.35.